The number of likely N-dealkylation sites (tertiary alicyclic amines) is 1. The molecule has 0 unspecified atom stereocenters. The summed E-state index contributed by atoms with van der Waals surface area (Å²) in [4.78, 5) is 24.1. The zero-order valence-corrected chi connectivity index (χ0v) is 15.8. The summed E-state index contributed by atoms with van der Waals surface area (Å²) in [6.07, 6.45) is 5.80. The van der Waals surface area contributed by atoms with Crippen LogP contribution in [-0.4, -0.2) is 53.1 Å². The third-order valence-corrected chi connectivity index (χ3v) is 5.32. The van der Waals surface area contributed by atoms with E-state index >= 15 is 0 Å². The highest BCUT2D eigenvalue weighted by Crippen LogP contribution is 2.24. The van der Waals surface area contributed by atoms with Gasteiger partial charge >= 0.3 is 6.01 Å². The number of aromatic amines is 1. The van der Waals surface area contributed by atoms with E-state index < -0.39 is 0 Å². The Balaban J connectivity index is 1.29. The van der Waals surface area contributed by atoms with Crippen molar-refractivity contribution in [3.63, 3.8) is 0 Å². The number of nitrogens with one attached hydrogen (secondary N) is 1. The molecular weight excluding hydrogens is 342 g/mol. The topological polar surface area (TPSA) is 78.3 Å². The predicted molar refractivity (Wildman–Crippen MR) is 104 cm³/mol. The van der Waals surface area contributed by atoms with Gasteiger partial charge in [-0.3, -0.25) is 4.79 Å². The molecule has 2 aromatic heterocycles. The number of hydrogen-bond donors (Lipinski definition) is 1. The Morgan fingerprint density at radius 3 is 2.85 bits per heavy atom. The van der Waals surface area contributed by atoms with Crippen LogP contribution in [0.15, 0.2) is 35.0 Å². The molecule has 4 rings (SSSR count). The first kappa shape index (κ1) is 17.6. The SMILES string of the molecule is CN(C)c1nc(CCC2CCN(C(=O)c3ccc4[nH]ccc4c3)CC2)no1. The molecule has 1 N–H and O–H groups in total. The molecule has 1 amide bonds. The van der Waals surface area contributed by atoms with Crippen molar-refractivity contribution in [1.29, 1.82) is 0 Å². The van der Waals surface area contributed by atoms with Crippen LogP contribution in [0.3, 0.4) is 0 Å². The van der Waals surface area contributed by atoms with Gasteiger partial charge in [0.05, 0.1) is 0 Å². The Bertz CT molecular complexity index is 921. The van der Waals surface area contributed by atoms with Gasteiger partial charge in [0.1, 0.15) is 0 Å². The predicted octanol–water partition coefficient (Wildman–Crippen LogP) is 3.10. The number of benzene rings is 1. The van der Waals surface area contributed by atoms with Gasteiger partial charge < -0.3 is 19.3 Å². The minimum Gasteiger partial charge on any atom is -0.361 e. The van der Waals surface area contributed by atoms with E-state index in [-0.39, 0.29) is 5.91 Å². The van der Waals surface area contributed by atoms with Crippen LogP contribution in [0.25, 0.3) is 10.9 Å². The smallest absolute Gasteiger partial charge is 0.323 e. The summed E-state index contributed by atoms with van der Waals surface area (Å²) in [6, 6.07) is 8.40. The number of piperidine rings is 1. The lowest BCUT2D eigenvalue weighted by Gasteiger charge is -2.32. The molecular formula is C20H25N5O2. The van der Waals surface area contributed by atoms with Crippen molar-refractivity contribution >= 4 is 22.8 Å². The van der Waals surface area contributed by atoms with Crippen molar-refractivity contribution in [2.24, 2.45) is 5.92 Å². The molecule has 7 nitrogen and oxygen atoms in total. The van der Waals surface area contributed by atoms with Crippen molar-refractivity contribution in [3.8, 4) is 0 Å². The van der Waals surface area contributed by atoms with Crippen LogP contribution in [0, 0.1) is 5.92 Å². The third-order valence-electron chi connectivity index (χ3n) is 5.32. The molecule has 1 aromatic carbocycles. The zero-order chi connectivity index (χ0) is 18.8. The van der Waals surface area contributed by atoms with Crippen LogP contribution >= 0.6 is 0 Å². The molecule has 3 heterocycles. The summed E-state index contributed by atoms with van der Waals surface area (Å²) in [6.45, 7) is 1.62. The summed E-state index contributed by atoms with van der Waals surface area (Å²) < 4.78 is 5.20. The van der Waals surface area contributed by atoms with Crippen LogP contribution in [-0.2, 0) is 6.42 Å². The number of amides is 1. The van der Waals surface area contributed by atoms with Gasteiger partial charge in [0.2, 0.25) is 0 Å². The monoisotopic (exact) mass is 367 g/mol. The Morgan fingerprint density at radius 2 is 2.11 bits per heavy atom. The first-order valence-corrected chi connectivity index (χ1v) is 9.46. The van der Waals surface area contributed by atoms with E-state index in [9.17, 15) is 4.79 Å². The van der Waals surface area contributed by atoms with Crippen molar-refractivity contribution in [2.45, 2.75) is 25.7 Å². The minimum atomic E-state index is 0.130. The van der Waals surface area contributed by atoms with Crippen LogP contribution < -0.4 is 4.90 Å². The Labute approximate surface area is 158 Å². The Hall–Kier alpha value is -2.83. The number of aryl methyl sites for hydroxylation is 1. The summed E-state index contributed by atoms with van der Waals surface area (Å²) in [5.41, 5.74) is 1.83. The molecule has 0 aliphatic carbocycles. The fourth-order valence-corrected chi connectivity index (χ4v) is 3.65. The molecule has 7 heteroatoms. The van der Waals surface area contributed by atoms with E-state index in [0.717, 1.165) is 61.1 Å². The molecule has 3 aromatic rings. The molecule has 0 radical (unpaired) electrons. The average Bonchev–Trinajstić information content (AvgIpc) is 3.35. The second kappa shape index (κ2) is 7.42. The van der Waals surface area contributed by atoms with E-state index in [1.165, 1.54) is 0 Å². The van der Waals surface area contributed by atoms with Gasteiger partial charge in [0, 0.05) is 56.3 Å². The molecule has 142 valence electrons. The maximum Gasteiger partial charge on any atom is 0.323 e. The number of fused-ring (bicyclic) bond motifs is 1. The molecule has 1 saturated heterocycles. The first-order valence-electron chi connectivity index (χ1n) is 9.46. The highest BCUT2D eigenvalue weighted by Gasteiger charge is 2.24. The molecule has 0 saturated carbocycles. The van der Waals surface area contributed by atoms with Gasteiger partial charge in [-0.05, 0) is 49.4 Å². The number of anilines is 1. The largest absolute Gasteiger partial charge is 0.361 e. The van der Waals surface area contributed by atoms with Gasteiger partial charge in [0.25, 0.3) is 5.91 Å². The van der Waals surface area contributed by atoms with Crippen molar-refractivity contribution in [1.82, 2.24) is 20.0 Å². The number of nitrogens with zero attached hydrogens (tertiary/aromatic N) is 4. The summed E-state index contributed by atoms with van der Waals surface area (Å²) in [5, 5.41) is 5.11. The summed E-state index contributed by atoms with van der Waals surface area (Å²) in [5.74, 6) is 1.49. The fourth-order valence-electron chi connectivity index (χ4n) is 3.65. The molecule has 27 heavy (non-hydrogen) atoms. The van der Waals surface area contributed by atoms with Gasteiger partial charge in [0.15, 0.2) is 5.82 Å². The van der Waals surface area contributed by atoms with Gasteiger partial charge in [-0.2, -0.15) is 4.98 Å². The van der Waals surface area contributed by atoms with Crippen LogP contribution in [0.5, 0.6) is 0 Å². The number of carbonyl (C=O) groups is 1. The number of aromatic nitrogens is 3. The third kappa shape index (κ3) is 3.82. The molecule has 0 spiro atoms. The zero-order valence-electron chi connectivity index (χ0n) is 15.8. The van der Waals surface area contributed by atoms with Crippen LogP contribution in [0.2, 0.25) is 0 Å². The van der Waals surface area contributed by atoms with Gasteiger partial charge in [-0.15, -0.1) is 0 Å². The van der Waals surface area contributed by atoms with Crippen molar-refractivity contribution in [2.75, 3.05) is 32.1 Å². The highest BCUT2D eigenvalue weighted by molar-refractivity contribution is 5.98. The standard InChI is InChI=1S/C20H25N5O2/c1-24(2)20-22-18(23-27-20)6-3-14-8-11-25(12-9-14)19(26)16-4-5-17-15(13-16)7-10-21-17/h4-5,7,10,13-14,21H,3,6,8-9,11-12H2,1-2H3. The molecule has 1 aliphatic heterocycles. The average molecular weight is 367 g/mol. The maximum absolute atomic E-state index is 12.8. The first-order chi connectivity index (χ1) is 13.1. The summed E-state index contributed by atoms with van der Waals surface area (Å²) in [7, 11) is 3.77. The number of H-pyrrole nitrogens is 1. The van der Waals surface area contributed by atoms with Gasteiger partial charge in [-0.25, -0.2) is 0 Å². The quantitative estimate of drug-likeness (QED) is 0.750. The van der Waals surface area contributed by atoms with E-state index in [1.54, 1.807) is 0 Å². The molecule has 1 aliphatic rings. The number of carbonyl (C=O) groups excluding carboxylic acids is 1. The lowest BCUT2D eigenvalue weighted by molar-refractivity contribution is 0.0687. The second-order valence-electron chi connectivity index (χ2n) is 7.44. The minimum absolute atomic E-state index is 0.130. The Kier molecular flexibility index (Phi) is 4.83. The second-order valence-corrected chi connectivity index (χ2v) is 7.44. The molecule has 0 atom stereocenters. The van der Waals surface area contributed by atoms with Crippen molar-refractivity contribution in [3.05, 3.63) is 41.9 Å². The summed E-state index contributed by atoms with van der Waals surface area (Å²) >= 11 is 0. The van der Waals surface area contributed by atoms with Crippen molar-refractivity contribution < 1.29 is 9.32 Å². The lowest BCUT2D eigenvalue weighted by atomic mass is 9.91. The number of hydrogen-bond acceptors (Lipinski definition) is 5. The van der Waals surface area contributed by atoms with E-state index in [4.69, 9.17) is 4.52 Å². The normalized spacial score (nSPS) is 15.4. The lowest BCUT2D eigenvalue weighted by Crippen LogP contribution is -2.38. The van der Waals surface area contributed by atoms with Crippen LogP contribution in [0.1, 0.15) is 35.4 Å². The van der Waals surface area contributed by atoms with E-state index in [1.807, 2.05) is 54.4 Å². The van der Waals surface area contributed by atoms with E-state index in [0.29, 0.717) is 11.9 Å². The molecule has 1 fully saturated rings. The molecule has 0 bridgehead atoms. The fraction of sp³-hybridized carbons (Fsp3) is 0.450. The van der Waals surface area contributed by atoms with Gasteiger partial charge in [-0.1, -0.05) is 5.16 Å². The van der Waals surface area contributed by atoms with E-state index in [2.05, 4.69) is 15.1 Å². The van der Waals surface area contributed by atoms with Crippen LogP contribution in [0.4, 0.5) is 6.01 Å². The highest BCUT2D eigenvalue weighted by atomic mass is 16.5. The number of rotatable bonds is 5. The maximum atomic E-state index is 12.8. The Morgan fingerprint density at radius 1 is 1.30 bits per heavy atom.